The van der Waals surface area contributed by atoms with Gasteiger partial charge in [0.1, 0.15) is 0 Å². The molecule has 0 saturated heterocycles. The van der Waals surface area contributed by atoms with Gasteiger partial charge in [-0.2, -0.15) is 0 Å². The van der Waals surface area contributed by atoms with Crippen LogP contribution in [0, 0.1) is 17.8 Å². The Labute approximate surface area is 94.9 Å². The van der Waals surface area contributed by atoms with Crippen LogP contribution >= 0.6 is 0 Å². The Balaban J connectivity index is 2.99. The molecule has 0 aliphatic heterocycles. The van der Waals surface area contributed by atoms with Gasteiger partial charge in [-0.25, -0.2) is 0 Å². The number of carbonyl (C=O) groups is 2. The minimum absolute atomic E-state index is 0.0819. The Kier molecular flexibility index (Phi) is 4.28. The van der Waals surface area contributed by atoms with Gasteiger partial charge in [-0.3, -0.25) is 9.59 Å². The molecule has 0 heterocycles. The Morgan fingerprint density at radius 3 is 2.44 bits per heavy atom. The summed E-state index contributed by atoms with van der Waals surface area (Å²) >= 11 is 0. The second-order valence-corrected chi connectivity index (χ2v) is 3.66. The number of esters is 2. The molecule has 3 atom stereocenters. The summed E-state index contributed by atoms with van der Waals surface area (Å²) in [5.74, 6) is -2.00. The van der Waals surface area contributed by atoms with E-state index in [2.05, 4.69) is 11.3 Å². The Morgan fingerprint density at radius 2 is 1.94 bits per heavy atom. The minimum atomic E-state index is -0.575. The molecule has 0 aromatic heterocycles. The van der Waals surface area contributed by atoms with Crippen LogP contribution in [0.25, 0.3) is 0 Å². The van der Waals surface area contributed by atoms with Crippen molar-refractivity contribution in [2.75, 3.05) is 14.2 Å². The summed E-state index contributed by atoms with van der Waals surface area (Å²) < 4.78 is 9.39. The number of hydrogen-bond acceptors (Lipinski definition) is 4. The van der Waals surface area contributed by atoms with Crippen molar-refractivity contribution in [3.8, 4) is 0 Å². The van der Waals surface area contributed by atoms with Gasteiger partial charge in [0.05, 0.1) is 26.1 Å². The lowest BCUT2D eigenvalue weighted by Crippen LogP contribution is -2.37. The molecule has 0 saturated carbocycles. The number of rotatable bonds is 3. The summed E-state index contributed by atoms with van der Waals surface area (Å²) in [6.07, 6.45) is 5.94. The van der Waals surface area contributed by atoms with E-state index in [9.17, 15) is 9.59 Å². The van der Waals surface area contributed by atoms with Gasteiger partial charge < -0.3 is 9.47 Å². The monoisotopic (exact) mass is 224 g/mol. The first-order valence-corrected chi connectivity index (χ1v) is 5.10. The van der Waals surface area contributed by atoms with Gasteiger partial charge in [0.25, 0.3) is 0 Å². The summed E-state index contributed by atoms with van der Waals surface area (Å²) in [6, 6.07) is 0. The molecular weight excluding hydrogens is 208 g/mol. The van der Waals surface area contributed by atoms with Crippen molar-refractivity contribution in [3.05, 3.63) is 24.8 Å². The zero-order valence-corrected chi connectivity index (χ0v) is 9.51. The maximum absolute atomic E-state index is 11.7. The summed E-state index contributed by atoms with van der Waals surface area (Å²) in [7, 11) is 2.62. The summed E-state index contributed by atoms with van der Waals surface area (Å²) in [5.41, 5.74) is 0. The SMILES string of the molecule is C=CC1CC=CC(C(=O)OC)C1C(=O)OC. The molecule has 0 aromatic rings. The Hall–Kier alpha value is -1.58. The van der Waals surface area contributed by atoms with Gasteiger partial charge in [-0.05, 0) is 12.3 Å². The lowest BCUT2D eigenvalue weighted by Gasteiger charge is -2.29. The van der Waals surface area contributed by atoms with Crippen molar-refractivity contribution < 1.29 is 19.1 Å². The first-order valence-electron chi connectivity index (χ1n) is 5.10. The topological polar surface area (TPSA) is 52.6 Å². The van der Waals surface area contributed by atoms with Crippen molar-refractivity contribution in [2.24, 2.45) is 17.8 Å². The second kappa shape index (κ2) is 5.49. The third-order valence-corrected chi connectivity index (χ3v) is 2.85. The Bertz CT molecular complexity index is 319. The number of methoxy groups -OCH3 is 2. The maximum atomic E-state index is 11.7. The van der Waals surface area contributed by atoms with E-state index in [0.29, 0.717) is 6.42 Å². The van der Waals surface area contributed by atoms with E-state index >= 15 is 0 Å². The molecule has 0 aromatic carbocycles. The standard InChI is InChI=1S/C12H16O4/c1-4-8-6-5-7-9(11(13)15-2)10(8)12(14)16-3/h4-5,7-10H,1,6H2,2-3H3. The molecule has 0 N–H and O–H groups in total. The normalized spacial score (nSPS) is 28.2. The van der Waals surface area contributed by atoms with E-state index < -0.39 is 23.8 Å². The summed E-state index contributed by atoms with van der Waals surface area (Å²) in [5, 5.41) is 0. The molecule has 0 bridgehead atoms. The third kappa shape index (κ3) is 2.32. The highest BCUT2D eigenvalue weighted by atomic mass is 16.5. The molecule has 16 heavy (non-hydrogen) atoms. The highest BCUT2D eigenvalue weighted by Gasteiger charge is 2.39. The van der Waals surface area contributed by atoms with Crippen molar-refractivity contribution in [1.29, 1.82) is 0 Å². The number of hydrogen-bond donors (Lipinski definition) is 0. The number of carbonyl (C=O) groups excluding carboxylic acids is 2. The molecule has 1 aliphatic rings. The van der Waals surface area contributed by atoms with Gasteiger partial charge in [0.15, 0.2) is 0 Å². The first-order chi connectivity index (χ1) is 7.65. The second-order valence-electron chi connectivity index (χ2n) is 3.66. The van der Waals surface area contributed by atoms with Gasteiger partial charge in [0, 0.05) is 0 Å². The predicted molar refractivity (Wildman–Crippen MR) is 58.5 cm³/mol. The van der Waals surface area contributed by atoms with Gasteiger partial charge in [-0.1, -0.05) is 18.2 Å². The fourth-order valence-corrected chi connectivity index (χ4v) is 1.98. The van der Waals surface area contributed by atoms with E-state index in [1.54, 1.807) is 12.2 Å². The van der Waals surface area contributed by atoms with Crippen molar-refractivity contribution in [3.63, 3.8) is 0 Å². The van der Waals surface area contributed by atoms with Crippen LogP contribution in [-0.4, -0.2) is 26.2 Å². The molecule has 1 rings (SSSR count). The largest absolute Gasteiger partial charge is 0.469 e. The molecule has 4 heteroatoms. The molecule has 3 unspecified atom stereocenters. The average molecular weight is 224 g/mol. The van der Waals surface area contributed by atoms with E-state index in [1.807, 2.05) is 6.08 Å². The van der Waals surface area contributed by atoms with Gasteiger partial charge in [-0.15, -0.1) is 6.58 Å². The predicted octanol–water partition coefficient (Wildman–Crippen LogP) is 1.33. The number of ether oxygens (including phenoxy) is 2. The summed E-state index contributed by atoms with van der Waals surface area (Å²) in [4.78, 5) is 23.2. The van der Waals surface area contributed by atoms with E-state index in [4.69, 9.17) is 4.74 Å². The van der Waals surface area contributed by atoms with E-state index in [1.165, 1.54) is 14.2 Å². The highest BCUT2D eigenvalue weighted by Crippen LogP contribution is 2.32. The average Bonchev–Trinajstić information content (AvgIpc) is 2.35. The van der Waals surface area contributed by atoms with Crippen LogP contribution in [0.15, 0.2) is 24.8 Å². The van der Waals surface area contributed by atoms with E-state index in [0.717, 1.165) is 0 Å². The molecule has 88 valence electrons. The van der Waals surface area contributed by atoms with Crippen LogP contribution in [0.4, 0.5) is 0 Å². The Morgan fingerprint density at radius 1 is 1.31 bits per heavy atom. The molecule has 0 radical (unpaired) electrons. The van der Waals surface area contributed by atoms with Crippen LogP contribution in [0.5, 0.6) is 0 Å². The fraction of sp³-hybridized carbons (Fsp3) is 0.500. The lowest BCUT2D eigenvalue weighted by atomic mass is 9.76. The van der Waals surface area contributed by atoms with Crippen LogP contribution in [0.3, 0.4) is 0 Å². The van der Waals surface area contributed by atoms with Gasteiger partial charge in [0.2, 0.25) is 0 Å². The quantitative estimate of drug-likeness (QED) is 0.536. The fourth-order valence-electron chi connectivity index (χ4n) is 1.98. The lowest BCUT2D eigenvalue weighted by molar-refractivity contribution is -0.157. The first kappa shape index (κ1) is 12.5. The van der Waals surface area contributed by atoms with Crippen LogP contribution < -0.4 is 0 Å². The third-order valence-electron chi connectivity index (χ3n) is 2.85. The van der Waals surface area contributed by atoms with Crippen LogP contribution in [0.1, 0.15) is 6.42 Å². The van der Waals surface area contributed by atoms with Gasteiger partial charge >= 0.3 is 11.9 Å². The zero-order chi connectivity index (χ0) is 12.1. The molecule has 4 nitrogen and oxygen atoms in total. The van der Waals surface area contributed by atoms with Crippen molar-refractivity contribution in [2.45, 2.75) is 6.42 Å². The molecule has 0 fully saturated rings. The van der Waals surface area contributed by atoms with Crippen LogP contribution in [0.2, 0.25) is 0 Å². The van der Waals surface area contributed by atoms with Crippen molar-refractivity contribution in [1.82, 2.24) is 0 Å². The molecule has 0 spiro atoms. The molecule has 1 aliphatic carbocycles. The highest BCUT2D eigenvalue weighted by molar-refractivity contribution is 5.84. The van der Waals surface area contributed by atoms with E-state index in [-0.39, 0.29) is 5.92 Å². The zero-order valence-electron chi connectivity index (χ0n) is 9.51. The minimum Gasteiger partial charge on any atom is -0.469 e. The summed E-state index contributed by atoms with van der Waals surface area (Å²) in [6.45, 7) is 3.68. The number of allylic oxidation sites excluding steroid dienone is 2. The molecule has 0 amide bonds. The smallest absolute Gasteiger partial charge is 0.313 e. The van der Waals surface area contributed by atoms with Crippen molar-refractivity contribution >= 4 is 11.9 Å². The molecular formula is C12H16O4. The van der Waals surface area contributed by atoms with Crippen LogP contribution in [-0.2, 0) is 19.1 Å². The maximum Gasteiger partial charge on any atom is 0.313 e.